The lowest BCUT2D eigenvalue weighted by atomic mass is 10.3. The number of thioether (sulfide) groups is 1. The van der Waals surface area contributed by atoms with Gasteiger partial charge in [-0.2, -0.15) is 0 Å². The van der Waals surface area contributed by atoms with Crippen molar-refractivity contribution in [3.8, 4) is 0 Å². The van der Waals surface area contributed by atoms with Crippen LogP contribution in [0.2, 0.25) is 0 Å². The first-order valence-electron chi connectivity index (χ1n) is 11.6. The summed E-state index contributed by atoms with van der Waals surface area (Å²) in [6, 6.07) is 27.3. The fraction of sp³-hybridized carbons (Fsp3) is 0.200. The average Bonchev–Trinajstić information content (AvgIpc) is 2.89. The maximum absolute atomic E-state index is 4.03. The summed E-state index contributed by atoms with van der Waals surface area (Å²) < 4.78 is 0. The number of anilines is 2. The number of hydrogen-bond acceptors (Lipinski definition) is 3. The Labute approximate surface area is 211 Å². The molecule has 1 N–H and O–H groups in total. The van der Waals surface area contributed by atoms with Gasteiger partial charge in [0.15, 0.2) is 0 Å². The Morgan fingerprint density at radius 3 is 1.61 bits per heavy atom. The van der Waals surface area contributed by atoms with Crippen LogP contribution in [0.1, 0.15) is 41.5 Å². The summed E-state index contributed by atoms with van der Waals surface area (Å²) in [6.45, 7) is 19.7. The predicted molar refractivity (Wildman–Crippen MR) is 155 cm³/mol. The molecule has 0 aromatic heterocycles. The number of nitrogens with one attached hydrogen (secondary N) is 1. The highest BCUT2D eigenvalue weighted by Crippen LogP contribution is 2.30. The molecule has 3 heteroatoms. The molecule has 0 bridgehead atoms. The van der Waals surface area contributed by atoms with Gasteiger partial charge in [0.1, 0.15) is 0 Å². The predicted octanol–water partition coefficient (Wildman–Crippen LogP) is 11.0. The fourth-order valence-corrected chi connectivity index (χ4v) is 3.92. The van der Waals surface area contributed by atoms with E-state index in [-0.39, 0.29) is 0 Å². The minimum atomic E-state index is 0.988. The first kappa shape index (κ1) is 30.4. The smallest absolute Gasteiger partial charge is 0.0385 e. The van der Waals surface area contributed by atoms with Crippen molar-refractivity contribution >= 4 is 34.9 Å². The van der Waals surface area contributed by atoms with Crippen molar-refractivity contribution in [2.45, 2.75) is 56.2 Å². The summed E-state index contributed by atoms with van der Waals surface area (Å²) in [5.41, 5.74) is 2.14. The van der Waals surface area contributed by atoms with Crippen LogP contribution in [0.4, 0.5) is 11.4 Å². The lowest BCUT2D eigenvalue weighted by Crippen LogP contribution is -1.89. The molecule has 0 fully saturated rings. The van der Waals surface area contributed by atoms with E-state index in [0.717, 1.165) is 21.2 Å². The molecule has 0 saturated carbocycles. The third-order valence-corrected chi connectivity index (χ3v) is 5.57. The van der Waals surface area contributed by atoms with E-state index in [1.54, 1.807) is 29.6 Å². The van der Waals surface area contributed by atoms with Crippen molar-refractivity contribution in [3.63, 3.8) is 0 Å². The van der Waals surface area contributed by atoms with Gasteiger partial charge in [-0.05, 0) is 66.7 Å². The van der Waals surface area contributed by atoms with Crippen molar-refractivity contribution in [2.24, 2.45) is 0 Å². The van der Waals surface area contributed by atoms with Gasteiger partial charge >= 0.3 is 0 Å². The first-order chi connectivity index (χ1) is 16.2. The largest absolute Gasteiger partial charge is 0.356 e. The van der Waals surface area contributed by atoms with E-state index in [2.05, 4.69) is 91.3 Å². The SMILES string of the molecule is C=C/C=C\C(=C)Sc1ccc(Nc2ccc(Sc3ccccc3)cc2)cc1.CC.CC.CC. The molecule has 0 amide bonds. The van der Waals surface area contributed by atoms with E-state index in [4.69, 9.17) is 0 Å². The number of hydrogen-bond donors (Lipinski definition) is 1. The molecule has 0 saturated heterocycles. The second kappa shape index (κ2) is 20.0. The summed E-state index contributed by atoms with van der Waals surface area (Å²) in [7, 11) is 0. The summed E-state index contributed by atoms with van der Waals surface area (Å²) in [4.78, 5) is 4.62. The van der Waals surface area contributed by atoms with Crippen LogP contribution in [0, 0.1) is 0 Å². The van der Waals surface area contributed by atoms with E-state index >= 15 is 0 Å². The zero-order valence-corrected chi connectivity index (χ0v) is 22.6. The standard InChI is InChI=1S/C24H21NS2.3C2H6/c1-3-4-8-19(2)26-23-15-11-20(12-16-23)25-21-13-17-24(18-14-21)27-22-9-6-5-7-10-22;3*1-2/h3-18,25H,1-2H2;3*1-2H3/b8-4-;;;. The molecule has 0 radical (unpaired) electrons. The second-order valence-electron chi connectivity index (χ2n) is 5.75. The maximum Gasteiger partial charge on any atom is 0.0385 e. The normalized spacial score (nSPS) is 9.27. The molecular formula is C30H39NS2. The molecule has 3 aromatic rings. The highest BCUT2D eigenvalue weighted by atomic mass is 32.2. The number of benzene rings is 3. The molecule has 33 heavy (non-hydrogen) atoms. The van der Waals surface area contributed by atoms with Crippen LogP contribution in [-0.4, -0.2) is 0 Å². The number of rotatable bonds is 8. The van der Waals surface area contributed by atoms with Crippen LogP contribution in [0.3, 0.4) is 0 Å². The molecule has 0 unspecified atom stereocenters. The van der Waals surface area contributed by atoms with Gasteiger partial charge in [0.05, 0.1) is 0 Å². The van der Waals surface area contributed by atoms with E-state index in [9.17, 15) is 0 Å². The van der Waals surface area contributed by atoms with Gasteiger partial charge in [-0.1, -0.05) is 109 Å². The van der Waals surface area contributed by atoms with Crippen LogP contribution < -0.4 is 5.32 Å². The number of allylic oxidation sites excluding steroid dienone is 3. The molecule has 0 aliphatic carbocycles. The van der Waals surface area contributed by atoms with Gasteiger partial charge in [-0.3, -0.25) is 0 Å². The Bertz CT molecular complexity index is 912. The van der Waals surface area contributed by atoms with E-state index in [1.807, 2.05) is 59.8 Å². The lowest BCUT2D eigenvalue weighted by Gasteiger charge is -2.09. The van der Waals surface area contributed by atoms with Crippen LogP contribution in [0.25, 0.3) is 0 Å². The highest BCUT2D eigenvalue weighted by molar-refractivity contribution is 8.03. The van der Waals surface area contributed by atoms with E-state index in [0.29, 0.717) is 0 Å². The van der Waals surface area contributed by atoms with Gasteiger partial charge in [0, 0.05) is 31.0 Å². The minimum Gasteiger partial charge on any atom is -0.356 e. The molecule has 0 spiro atoms. The molecule has 3 aromatic carbocycles. The summed E-state index contributed by atoms with van der Waals surface area (Å²) in [6.07, 6.45) is 5.60. The first-order valence-corrected chi connectivity index (χ1v) is 13.2. The Hall–Kier alpha value is -2.62. The van der Waals surface area contributed by atoms with Crippen molar-refractivity contribution in [3.05, 3.63) is 115 Å². The molecular weight excluding hydrogens is 438 g/mol. The third-order valence-electron chi connectivity index (χ3n) is 3.64. The Morgan fingerprint density at radius 2 is 1.12 bits per heavy atom. The molecule has 3 rings (SSSR count). The zero-order chi connectivity index (χ0) is 24.9. The zero-order valence-electron chi connectivity index (χ0n) is 21.0. The van der Waals surface area contributed by atoms with Crippen molar-refractivity contribution < 1.29 is 0 Å². The molecule has 1 nitrogen and oxygen atoms in total. The van der Waals surface area contributed by atoms with E-state index < -0.39 is 0 Å². The van der Waals surface area contributed by atoms with Crippen molar-refractivity contribution in [1.82, 2.24) is 0 Å². The summed E-state index contributed by atoms with van der Waals surface area (Å²) in [5, 5.41) is 3.44. The molecule has 0 aliphatic rings. The van der Waals surface area contributed by atoms with Crippen LogP contribution >= 0.6 is 23.5 Å². The lowest BCUT2D eigenvalue weighted by molar-refractivity contribution is 1.39. The van der Waals surface area contributed by atoms with Gasteiger partial charge in [0.25, 0.3) is 0 Å². The van der Waals surface area contributed by atoms with Gasteiger partial charge in [0.2, 0.25) is 0 Å². The van der Waals surface area contributed by atoms with Gasteiger partial charge < -0.3 is 5.32 Å². The van der Waals surface area contributed by atoms with Crippen LogP contribution in [0.15, 0.2) is 130 Å². The van der Waals surface area contributed by atoms with Gasteiger partial charge in [-0.15, -0.1) is 0 Å². The Balaban J connectivity index is 0.00000158. The average molecular weight is 478 g/mol. The molecule has 0 atom stereocenters. The topological polar surface area (TPSA) is 12.0 Å². The fourth-order valence-electron chi connectivity index (χ4n) is 2.36. The van der Waals surface area contributed by atoms with Crippen LogP contribution in [0.5, 0.6) is 0 Å². The maximum atomic E-state index is 4.03. The minimum absolute atomic E-state index is 0.988. The third kappa shape index (κ3) is 12.9. The summed E-state index contributed by atoms with van der Waals surface area (Å²) in [5.74, 6) is 0. The Kier molecular flexibility index (Phi) is 18.4. The molecule has 0 aliphatic heterocycles. The monoisotopic (exact) mass is 477 g/mol. The van der Waals surface area contributed by atoms with Gasteiger partial charge in [-0.25, -0.2) is 0 Å². The second-order valence-corrected chi connectivity index (χ2v) is 8.10. The van der Waals surface area contributed by atoms with Crippen molar-refractivity contribution in [2.75, 3.05) is 5.32 Å². The quantitative estimate of drug-likeness (QED) is 0.256. The molecule has 0 heterocycles. The van der Waals surface area contributed by atoms with Crippen molar-refractivity contribution in [1.29, 1.82) is 0 Å². The van der Waals surface area contributed by atoms with E-state index in [1.165, 1.54) is 9.79 Å². The summed E-state index contributed by atoms with van der Waals surface area (Å²) >= 11 is 3.41. The Morgan fingerprint density at radius 1 is 0.667 bits per heavy atom. The molecule has 176 valence electrons. The highest BCUT2D eigenvalue weighted by Gasteiger charge is 2.00. The van der Waals surface area contributed by atoms with Crippen LogP contribution in [-0.2, 0) is 0 Å².